The largest absolute Gasteiger partial charge is 0.335 e. The Labute approximate surface area is 123 Å². The zero-order valence-corrected chi connectivity index (χ0v) is 12.9. The molecule has 1 amide bonds. The van der Waals surface area contributed by atoms with Crippen molar-refractivity contribution < 1.29 is 4.79 Å². The molecule has 2 heterocycles. The normalized spacial score (nSPS) is 32.4. The number of nitrogens with one attached hydrogen (secondary N) is 1. The Bertz CT molecular complexity index is 324. The fraction of sp³-hybridized carbons (Fsp3) is 0.941. The van der Waals surface area contributed by atoms with Crippen LogP contribution in [0.4, 0.5) is 0 Å². The van der Waals surface area contributed by atoms with Gasteiger partial charge in [-0.05, 0) is 44.6 Å². The van der Waals surface area contributed by atoms with E-state index in [1.165, 1.54) is 38.5 Å². The fourth-order valence-electron chi connectivity index (χ4n) is 4.64. The van der Waals surface area contributed by atoms with Crippen molar-refractivity contribution in [1.82, 2.24) is 10.2 Å². The van der Waals surface area contributed by atoms with Crippen molar-refractivity contribution >= 4 is 5.91 Å². The molecule has 1 saturated carbocycles. The minimum Gasteiger partial charge on any atom is -0.335 e. The predicted molar refractivity (Wildman–Crippen MR) is 81.5 cm³/mol. The van der Waals surface area contributed by atoms with Gasteiger partial charge < -0.3 is 10.2 Å². The van der Waals surface area contributed by atoms with Crippen molar-refractivity contribution in [2.45, 2.75) is 76.8 Å². The highest BCUT2D eigenvalue weighted by atomic mass is 16.2. The van der Waals surface area contributed by atoms with E-state index in [4.69, 9.17) is 0 Å². The molecule has 1 aliphatic carbocycles. The summed E-state index contributed by atoms with van der Waals surface area (Å²) < 4.78 is 0. The molecule has 0 radical (unpaired) electrons. The van der Waals surface area contributed by atoms with Gasteiger partial charge >= 0.3 is 0 Å². The highest BCUT2D eigenvalue weighted by Gasteiger charge is 2.40. The molecule has 0 spiro atoms. The topological polar surface area (TPSA) is 32.3 Å². The molecule has 0 aromatic carbocycles. The Balaban J connectivity index is 1.65. The molecule has 20 heavy (non-hydrogen) atoms. The highest BCUT2D eigenvalue weighted by molar-refractivity contribution is 5.80. The third kappa shape index (κ3) is 2.88. The van der Waals surface area contributed by atoms with Gasteiger partial charge in [0, 0.05) is 24.5 Å². The summed E-state index contributed by atoms with van der Waals surface area (Å²) in [5.74, 6) is 1.60. The highest BCUT2D eigenvalue weighted by Crippen LogP contribution is 2.35. The van der Waals surface area contributed by atoms with Crippen molar-refractivity contribution in [1.29, 1.82) is 0 Å². The molecular formula is C17H30N2O. The van der Waals surface area contributed by atoms with Gasteiger partial charge in [-0.25, -0.2) is 0 Å². The minimum atomic E-state index is 0.291. The van der Waals surface area contributed by atoms with Crippen LogP contribution in [0.25, 0.3) is 0 Å². The quantitative estimate of drug-likeness (QED) is 0.857. The van der Waals surface area contributed by atoms with Crippen LogP contribution in [0, 0.1) is 11.8 Å². The second-order valence-corrected chi connectivity index (χ2v) is 7.11. The zero-order valence-electron chi connectivity index (χ0n) is 12.9. The van der Waals surface area contributed by atoms with Crippen molar-refractivity contribution in [2.75, 3.05) is 13.1 Å². The molecule has 3 atom stereocenters. The number of fused-ring (bicyclic) bond motifs is 2. The van der Waals surface area contributed by atoms with Gasteiger partial charge in [-0.2, -0.15) is 0 Å². The van der Waals surface area contributed by atoms with Crippen LogP contribution in [0.2, 0.25) is 0 Å². The molecule has 3 heteroatoms. The summed E-state index contributed by atoms with van der Waals surface area (Å²) >= 11 is 0. The molecule has 3 unspecified atom stereocenters. The lowest BCUT2D eigenvalue weighted by Gasteiger charge is -2.32. The van der Waals surface area contributed by atoms with Crippen molar-refractivity contribution in [3.63, 3.8) is 0 Å². The maximum atomic E-state index is 13.0. The van der Waals surface area contributed by atoms with Gasteiger partial charge in [-0.3, -0.25) is 4.79 Å². The summed E-state index contributed by atoms with van der Waals surface area (Å²) in [4.78, 5) is 15.3. The van der Waals surface area contributed by atoms with E-state index < -0.39 is 0 Å². The van der Waals surface area contributed by atoms with Crippen LogP contribution in [0.1, 0.15) is 64.7 Å². The average molecular weight is 278 g/mol. The van der Waals surface area contributed by atoms with Crippen molar-refractivity contribution in [2.24, 2.45) is 11.8 Å². The summed E-state index contributed by atoms with van der Waals surface area (Å²) in [7, 11) is 0. The fourth-order valence-corrected chi connectivity index (χ4v) is 4.64. The Kier molecular flexibility index (Phi) is 4.65. The van der Waals surface area contributed by atoms with E-state index in [1.54, 1.807) is 0 Å². The lowest BCUT2D eigenvalue weighted by molar-refractivity contribution is -0.139. The molecule has 3 rings (SSSR count). The lowest BCUT2D eigenvalue weighted by Crippen LogP contribution is -2.45. The Morgan fingerprint density at radius 3 is 2.65 bits per heavy atom. The van der Waals surface area contributed by atoms with Gasteiger partial charge in [0.25, 0.3) is 0 Å². The van der Waals surface area contributed by atoms with E-state index in [1.807, 2.05) is 0 Å². The standard InChI is InChI=1S/C17H30N2O/c1-2-14(11-13-5-3-4-6-13)17(20)19-15-7-8-16(19)12-18-10-9-15/h13-16,18H,2-12H2,1H3. The molecule has 3 fully saturated rings. The predicted octanol–water partition coefficient (Wildman–Crippen LogP) is 2.95. The third-order valence-corrected chi connectivity index (χ3v) is 5.84. The van der Waals surface area contributed by atoms with Gasteiger partial charge in [0.15, 0.2) is 0 Å². The van der Waals surface area contributed by atoms with Crippen LogP contribution in [-0.2, 0) is 4.79 Å². The summed E-state index contributed by atoms with van der Waals surface area (Å²) in [6, 6.07) is 1.01. The molecule has 2 bridgehead atoms. The molecule has 1 N–H and O–H groups in total. The number of rotatable bonds is 4. The van der Waals surface area contributed by atoms with E-state index in [0.29, 0.717) is 23.9 Å². The van der Waals surface area contributed by atoms with E-state index >= 15 is 0 Å². The minimum absolute atomic E-state index is 0.291. The van der Waals surface area contributed by atoms with Crippen LogP contribution in [-0.4, -0.2) is 36.0 Å². The average Bonchev–Trinajstić information content (AvgIpc) is 3.02. The monoisotopic (exact) mass is 278 g/mol. The number of nitrogens with zero attached hydrogens (tertiary/aromatic N) is 1. The maximum Gasteiger partial charge on any atom is 0.226 e. The first-order valence-electron chi connectivity index (χ1n) is 8.82. The van der Waals surface area contributed by atoms with E-state index in [0.717, 1.165) is 38.3 Å². The number of amides is 1. The van der Waals surface area contributed by atoms with Crippen LogP contribution >= 0.6 is 0 Å². The van der Waals surface area contributed by atoms with Gasteiger partial charge in [0.1, 0.15) is 0 Å². The van der Waals surface area contributed by atoms with Crippen LogP contribution in [0.3, 0.4) is 0 Å². The summed E-state index contributed by atoms with van der Waals surface area (Å²) in [5.41, 5.74) is 0. The summed E-state index contributed by atoms with van der Waals surface area (Å²) in [5, 5.41) is 3.50. The molecular weight excluding hydrogens is 248 g/mol. The Hall–Kier alpha value is -0.570. The SMILES string of the molecule is CCC(CC1CCCC1)C(=O)N1C2CCNCC1CC2. The Morgan fingerprint density at radius 1 is 1.15 bits per heavy atom. The van der Waals surface area contributed by atoms with Gasteiger partial charge in [0.2, 0.25) is 5.91 Å². The van der Waals surface area contributed by atoms with E-state index in [9.17, 15) is 4.79 Å². The van der Waals surface area contributed by atoms with Crippen LogP contribution < -0.4 is 5.32 Å². The molecule has 114 valence electrons. The third-order valence-electron chi connectivity index (χ3n) is 5.84. The second-order valence-electron chi connectivity index (χ2n) is 7.11. The maximum absolute atomic E-state index is 13.0. The first-order chi connectivity index (χ1) is 9.79. The zero-order chi connectivity index (χ0) is 13.9. The number of carbonyl (C=O) groups excluding carboxylic acids is 1. The first-order valence-corrected chi connectivity index (χ1v) is 8.82. The summed E-state index contributed by atoms with van der Waals surface area (Å²) in [6.07, 6.45) is 11.3. The van der Waals surface area contributed by atoms with Crippen LogP contribution in [0.5, 0.6) is 0 Å². The number of hydrogen-bond acceptors (Lipinski definition) is 2. The van der Waals surface area contributed by atoms with Crippen molar-refractivity contribution in [3.05, 3.63) is 0 Å². The number of carbonyl (C=O) groups is 1. The van der Waals surface area contributed by atoms with Gasteiger partial charge in [-0.1, -0.05) is 32.6 Å². The molecule has 3 nitrogen and oxygen atoms in total. The number of hydrogen-bond donors (Lipinski definition) is 1. The van der Waals surface area contributed by atoms with Gasteiger partial charge in [-0.15, -0.1) is 0 Å². The first kappa shape index (κ1) is 14.4. The molecule has 2 aliphatic heterocycles. The van der Waals surface area contributed by atoms with E-state index in [-0.39, 0.29) is 0 Å². The molecule has 2 saturated heterocycles. The molecule has 0 aromatic heterocycles. The lowest BCUT2D eigenvalue weighted by atomic mass is 9.90. The van der Waals surface area contributed by atoms with Crippen molar-refractivity contribution in [3.8, 4) is 0 Å². The molecule has 0 aromatic rings. The van der Waals surface area contributed by atoms with Crippen LogP contribution in [0.15, 0.2) is 0 Å². The summed E-state index contributed by atoms with van der Waals surface area (Å²) in [6.45, 7) is 4.31. The Morgan fingerprint density at radius 2 is 1.90 bits per heavy atom. The smallest absolute Gasteiger partial charge is 0.226 e. The molecule has 3 aliphatic rings. The second kappa shape index (κ2) is 6.46. The van der Waals surface area contributed by atoms with E-state index in [2.05, 4.69) is 17.1 Å². The van der Waals surface area contributed by atoms with Gasteiger partial charge in [0.05, 0.1) is 0 Å².